The van der Waals surface area contributed by atoms with Gasteiger partial charge in [0.15, 0.2) is 0 Å². The SMILES string of the molecule is COC1=CCC2C=CC=CC2=C1B(c1cccc(C2=CC=C(c3ccccc3)CC2)c1)c1c(OC)ccc2ccccc12. The molecule has 0 radical (unpaired) electrons. The minimum Gasteiger partial charge on any atom is -0.498 e. The van der Waals surface area contributed by atoms with E-state index in [1.807, 2.05) is 0 Å². The van der Waals surface area contributed by atoms with Crippen LogP contribution < -0.4 is 15.7 Å². The molecule has 0 spiro atoms. The van der Waals surface area contributed by atoms with Crippen LogP contribution in [0.1, 0.15) is 30.4 Å². The van der Waals surface area contributed by atoms with Gasteiger partial charge in [-0.2, -0.15) is 0 Å². The van der Waals surface area contributed by atoms with Gasteiger partial charge in [-0.3, -0.25) is 0 Å². The van der Waals surface area contributed by atoms with Crippen LogP contribution in [0.4, 0.5) is 0 Å². The Morgan fingerprint density at radius 1 is 0.721 bits per heavy atom. The Labute approximate surface area is 255 Å². The molecular weight excluding hydrogens is 523 g/mol. The van der Waals surface area contributed by atoms with Crippen molar-refractivity contribution in [1.82, 2.24) is 0 Å². The maximum absolute atomic E-state index is 6.15. The number of ether oxygens (including phenoxy) is 2. The highest BCUT2D eigenvalue weighted by Crippen LogP contribution is 2.37. The Morgan fingerprint density at radius 3 is 2.28 bits per heavy atom. The van der Waals surface area contributed by atoms with E-state index in [2.05, 4.69) is 134 Å². The maximum Gasteiger partial charge on any atom is 0.252 e. The second kappa shape index (κ2) is 11.9. The van der Waals surface area contributed by atoms with Crippen LogP contribution in [0.3, 0.4) is 0 Å². The van der Waals surface area contributed by atoms with E-state index in [9.17, 15) is 0 Å². The van der Waals surface area contributed by atoms with Crippen LogP contribution in [0, 0.1) is 5.92 Å². The molecule has 0 heterocycles. The first kappa shape index (κ1) is 27.1. The zero-order valence-corrected chi connectivity index (χ0v) is 24.8. The van der Waals surface area contributed by atoms with Crippen LogP contribution in [-0.4, -0.2) is 20.9 Å². The van der Waals surface area contributed by atoms with Crippen LogP contribution in [0.25, 0.3) is 21.9 Å². The monoisotopic (exact) mass is 558 g/mol. The lowest BCUT2D eigenvalue weighted by atomic mass is 9.33. The summed E-state index contributed by atoms with van der Waals surface area (Å²) in [6.07, 6.45) is 18.8. The van der Waals surface area contributed by atoms with Gasteiger partial charge in [0.2, 0.25) is 0 Å². The Balaban J connectivity index is 1.43. The quantitative estimate of drug-likeness (QED) is 0.213. The average molecular weight is 559 g/mol. The number of fused-ring (bicyclic) bond motifs is 2. The molecule has 210 valence electrons. The number of benzene rings is 4. The molecule has 3 heteroatoms. The third kappa shape index (κ3) is 5.10. The van der Waals surface area contributed by atoms with E-state index in [1.54, 1.807) is 14.2 Å². The lowest BCUT2D eigenvalue weighted by Crippen LogP contribution is -2.47. The first-order valence-electron chi connectivity index (χ1n) is 15.2. The van der Waals surface area contributed by atoms with Gasteiger partial charge in [0.25, 0.3) is 6.71 Å². The molecule has 0 fully saturated rings. The van der Waals surface area contributed by atoms with Gasteiger partial charge in [-0.25, -0.2) is 0 Å². The first-order valence-corrected chi connectivity index (χ1v) is 15.2. The Hall–Kier alpha value is -4.76. The zero-order valence-electron chi connectivity index (χ0n) is 24.8. The first-order chi connectivity index (χ1) is 21.2. The largest absolute Gasteiger partial charge is 0.498 e. The fourth-order valence-corrected chi connectivity index (χ4v) is 6.99. The third-order valence-electron chi connectivity index (χ3n) is 9.10. The van der Waals surface area contributed by atoms with Crippen molar-refractivity contribution in [1.29, 1.82) is 0 Å². The van der Waals surface area contributed by atoms with E-state index in [0.717, 1.165) is 30.8 Å². The highest BCUT2D eigenvalue weighted by molar-refractivity contribution is 6.93. The molecule has 0 amide bonds. The minimum atomic E-state index is -0.0826. The van der Waals surface area contributed by atoms with Crippen molar-refractivity contribution in [2.45, 2.75) is 19.3 Å². The summed E-state index contributed by atoms with van der Waals surface area (Å²) >= 11 is 0. The molecular formula is C40H35BO2. The fraction of sp³-hybridized carbons (Fsp3) is 0.150. The fourth-order valence-electron chi connectivity index (χ4n) is 6.99. The van der Waals surface area contributed by atoms with Crippen molar-refractivity contribution in [3.63, 3.8) is 0 Å². The Kier molecular flexibility index (Phi) is 7.47. The van der Waals surface area contributed by atoms with Gasteiger partial charge >= 0.3 is 0 Å². The van der Waals surface area contributed by atoms with E-state index in [4.69, 9.17) is 9.47 Å². The predicted octanol–water partition coefficient (Wildman–Crippen LogP) is 8.23. The number of methoxy groups -OCH3 is 2. The van der Waals surface area contributed by atoms with Crippen LogP contribution in [0.2, 0.25) is 0 Å². The molecule has 2 nitrogen and oxygen atoms in total. The van der Waals surface area contributed by atoms with E-state index in [1.165, 1.54) is 55.0 Å². The van der Waals surface area contributed by atoms with Crippen LogP contribution in [0.5, 0.6) is 5.75 Å². The molecule has 0 saturated heterocycles. The molecule has 0 bridgehead atoms. The standard InChI is InChI=1S/C40H35BO2/c1-42-37-25-23-31-13-6-8-17-35(31)39(37)41(40-36-18-9-7-14-32(36)24-26-38(40)43-2)34-16-10-15-33(27-34)30-21-19-29(20-22-30)28-11-4-3-5-12-28/h3-19,21,23,25-27,32H,20,22,24H2,1-2H3. The zero-order chi connectivity index (χ0) is 29.2. The molecule has 0 N–H and O–H groups in total. The van der Waals surface area contributed by atoms with Crippen molar-refractivity contribution in [3.8, 4) is 5.75 Å². The molecule has 3 aliphatic rings. The van der Waals surface area contributed by atoms with E-state index in [-0.39, 0.29) is 6.71 Å². The lowest BCUT2D eigenvalue weighted by Gasteiger charge is -2.31. The molecule has 0 aliphatic heterocycles. The summed E-state index contributed by atoms with van der Waals surface area (Å²) in [5.74, 6) is 2.17. The average Bonchev–Trinajstić information content (AvgIpc) is 3.09. The molecule has 43 heavy (non-hydrogen) atoms. The smallest absolute Gasteiger partial charge is 0.252 e. The van der Waals surface area contributed by atoms with Gasteiger partial charge in [-0.05, 0) is 81.0 Å². The molecule has 0 aromatic heterocycles. The van der Waals surface area contributed by atoms with Gasteiger partial charge in [0.05, 0.1) is 14.2 Å². The summed E-state index contributed by atoms with van der Waals surface area (Å²) in [7, 11) is 3.58. The number of rotatable bonds is 7. The highest BCUT2D eigenvalue weighted by Gasteiger charge is 2.36. The van der Waals surface area contributed by atoms with Gasteiger partial charge in [0.1, 0.15) is 11.5 Å². The van der Waals surface area contributed by atoms with Crippen molar-refractivity contribution in [2.75, 3.05) is 14.2 Å². The number of allylic oxidation sites excluding steroid dienone is 11. The van der Waals surface area contributed by atoms with E-state index in [0.29, 0.717) is 5.92 Å². The van der Waals surface area contributed by atoms with Crippen molar-refractivity contribution in [2.24, 2.45) is 5.92 Å². The normalized spacial score (nSPS) is 17.6. The summed E-state index contributed by atoms with van der Waals surface area (Å²) < 4.78 is 12.3. The molecule has 0 saturated carbocycles. The summed E-state index contributed by atoms with van der Waals surface area (Å²) in [5, 5.41) is 2.40. The molecule has 1 unspecified atom stereocenters. The molecule has 1 atom stereocenters. The second-order valence-electron chi connectivity index (χ2n) is 11.4. The summed E-state index contributed by atoms with van der Waals surface area (Å²) in [6.45, 7) is -0.0826. The summed E-state index contributed by atoms with van der Waals surface area (Å²) in [4.78, 5) is 0. The summed E-state index contributed by atoms with van der Waals surface area (Å²) in [6, 6.07) is 32.8. The Morgan fingerprint density at radius 2 is 1.49 bits per heavy atom. The molecule has 4 aromatic carbocycles. The van der Waals surface area contributed by atoms with Crippen LogP contribution in [0.15, 0.2) is 150 Å². The van der Waals surface area contributed by atoms with Gasteiger partial charge in [0, 0.05) is 5.92 Å². The minimum absolute atomic E-state index is 0.0826. The van der Waals surface area contributed by atoms with E-state index >= 15 is 0 Å². The van der Waals surface area contributed by atoms with Crippen molar-refractivity contribution in [3.05, 3.63) is 161 Å². The van der Waals surface area contributed by atoms with E-state index < -0.39 is 0 Å². The van der Waals surface area contributed by atoms with Crippen molar-refractivity contribution >= 4 is 39.6 Å². The molecule has 4 aromatic rings. The highest BCUT2D eigenvalue weighted by atomic mass is 16.5. The van der Waals surface area contributed by atoms with Gasteiger partial charge in [-0.1, -0.05) is 127 Å². The second-order valence-corrected chi connectivity index (χ2v) is 11.4. The topological polar surface area (TPSA) is 18.5 Å². The number of hydrogen-bond acceptors (Lipinski definition) is 2. The maximum atomic E-state index is 6.15. The molecule has 3 aliphatic carbocycles. The van der Waals surface area contributed by atoms with Gasteiger partial charge in [-0.15, -0.1) is 0 Å². The molecule has 7 rings (SSSR count). The Bertz CT molecular complexity index is 1870. The van der Waals surface area contributed by atoms with Crippen molar-refractivity contribution < 1.29 is 9.47 Å². The lowest BCUT2D eigenvalue weighted by molar-refractivity contribution is 0.299. The predicted molar refractivity (Wildman–Crippen MR) is 182 cm³/mol. The third-order valence-corrected chi connectivity index (χ3v) is 9.10. The summed E-state index contributed by atoms with van der Waals surface area (Å²) in [5.41, 5.74) is 10.3. The number of hydrogen-bond donors (Lipinski definition) is 0. The van der Waals surface area contributed by atoms with Crippen LogP contribution in [-0.2, 0) is 4.74 Å². The van der Waals surface area contributed by atoms with Crippen LogP contribution >= 0.6 is 0 Å². The van der Waals surface area contributed by atoms with Gasteiger partial charge < -0.3 is 9.47 Å².